The summed E-state index contributed by atoms with van der Waals surface area (Å²) in [6, 6.07) is 4.88. The number of carbonyl (C=O) groups excluding carboxylic acids is 1. The molecule has 0 heterocycles. The minimum atomic E-state index is -4.57. The quantitative estimate of drug-likeness (QED) is 0.577. The predicted molar refractivity (Wildman–Crippen MR) is 61.8 cm³/mol. The smallest absolute Gasteiger partial charge is 0.428 e. The molecule has 0 aliphatic heterocycles. The summed E-state index contributed by atoms with van der Waals surface area (Å²) in [5.41, 5.74) is 0.163. The molecule has 1 aromatic rings. The Balaban J connectivity index is 2.86. The third kappa shape index (κ3) is 4.54. The monoisotopic (exact) mass is 278 g/mol. The Bertz CT molecular complexity index is 444. The molecule has 0 fully saturated rings. The molecule has 0 bridgehead atoms. The van der Waals surface area contributed by atoms with Crippen molar-refractivity contribution in [2.24, 2.45) is 5.92 Å². The zero-order valence-corrected chi connectivity index (χ0v) is 10.5. The van der Waals surface area contributed by atoms with Crippen LogP contribution in [-0.4, -0.2) is 18.3 Å². The second kappa shape index (κ2) is 6.04. The molecule has 0 saturated carbocycles. The number of alkyl halides is 4. The van der Waals surface area contributed by atoms with Crippen LogP contribution in [0.1, 0.15) is 30.6 Å². The van der Waals surface area contributed by atoms with Gasteiger partial charge in [0.25, 0.3) is 0 Å². The first-order valence-corrected chi connectivity index (χ1v) is 5.70. The van der Waals surface area contributed by atoms with Crippen molar-refractivity contribution in [2.45, 2.75) is 32.8 Å². The molecule has 19 heavy (non-hydrogen) atoms. The summed E-state index contributed by atoms with van der Waals surface area (Å²) < 4.78 is 53.3. The molecule has 0 aliphatic rings. The third-order valence-corrected chi connectivity index (χ3v) is 2.26. The Kier molecular flexibility index (Phi) is 4.91. The number of hydrogen-bond acceptors (Lipinski definition) is 2. The number of Topliss-reactive ketones (excluding diaryl/α,β-unsaturated/α-hetero) is 1. The van der Waals surface area contributed by atoms with Gasteiger partial charge in [0.2, 0.25) is 0 Å². The van der Waals surface area contributed by atoms with E-state index in [0.29, 0.717) is 0 Å². The van der Waals surface area contributed by atoms with Gasteiger partial charge in [-0.1, -0.05) is 26.0 Å². The Hall–Kier alpha value is -1.59. The van der Waals surface area contributed by atoms with Crippen LogP contribution in [0.3, 0.4) is 0 Å². The lowest BCUT2D eigenvalue weighted by Gasteiger charge is -2.17. The zero-order chi connectivity index (χ0) is 14.6. The van der Waals surface area contributed by atoms with Crippen LogP contribution in [0.15, 0.2) is 24.3 Å². The Morgan fingerprint density at radius 2 is 1.95 bits per heavy atom. The highest BCUT2D eigenvalue weighted by atomic mass is 19.3. The van der Waals surface area contributed by atoms with Crippen LogP contribution >= 0.6 is 0 Å². The van der Waals surface area contributed by atoms with Crippen molar-refractivity contribution in [3.05, 3.63) is 29.8 Å². The molecule has 0 radical (unpaired) electrons. The molecular weight excluding hydrogens is 264 g/mol. The summed E-state index contributed by atoms with van der Waals surface area (Å²) in [5.74, 6) is -0.597. The second-order valence-corrected chi connectivity index (χ2v) is 4.51. The maximum Gasteiger partial charge on any atom is 0.461 e. The van der Waals surface area contributed by atoms with E-state index in [1.807, 2.05) is 13.8 Å². The van der Waals surface area contributed by atoms with E-state index < -0.39 is 18.3 Å². The Morgan fingerprint density at radius 1 is 1.32 bits per heavy atom. The van der Waals surface area contributed by atoms with Gasteiger partial charge in [0.05, 0.1) is 0 Å². The minimum absolute atomic E-state index is 0.111. The number of ketones is 1. The fourth-order valence-electron chi connectivity index (χ4n) is 1.42. The summed E-state index contributed by atoms with van der Waals surface area (Å²) in [7, 11) is 0. The molecule has 0 unspecified atom stereocenters. The van der Waals surface area contributed by atoms with E-state index in [0.717, 1.165) is 12.1 Å². The standard InChI is InChI=1S/C13H14F4O2/c1-8(2)6-11(18)9-4-3-5-10(7-9)19-13(16,17)12(14)15/h3-5,7-8,12H,6H2,1-2H3. The Labute approximate surface area is 108 Å². The van der Waals surface area contributed by atoms with E-state index in [4.69, 9.17) is 0 Å². The van der Waals surface area contributed by atoms with Gasteiger partial charge in [-0.15, -0.1) is 0 Å². The van der Waals surface area contributed by atoms with Gasteiger partial charge in [-0.25, -0.2) is 0 Å². The highest BCUT2D eigenvalue weighted by molar-refractivity contribution is 5.96. The van der Waals surface area contributed by atoms with Gasteiger partial charge in [0.15, 0.2) is 5.78 Å². The topological polar surface area (TPSA) is 26.3 Å². The molecule has 1 aromatic carbocycles. The van der Waals surface area contributed by atoms with Crippen molar-refractivity contribution in [3.63, 3.8) is 0 Å². The van der Waals surface area contributed by atoms with Gasteiger partial charge in [-0.05, 0) is 18.1 Å². The maximum atomic E-state index is 12.7. The highest BCUT2D eigenvalue weighted by Gasteiger charge is 2.44. The van der Waals surface area contributed by atoms with Crippen LogP contribution in [0.5, 0.6) is 5.75 Å². The highest BCUT2D eigenvalue weighted by Crippen LogP contribution is 2.28. The first-order valence-electron chi connectivity index (χ1n) is 5.70. The van der Waals surface area contributed by atoms with E-state index in [-0.39, 0.29) is 23.7 Å². The van der Waals surface area contributed by atoms with Crippen LogP contribution < -0.4 is 4.74 Å². The normalized spacial score (nSPS) is 12.0. The average molecular weight is 278 g/mol. The molecule has 0 aliphatic carbocycles. The van der Waals surface area contributed by atoms with Gasteiger partial charge in [0.1, 0.15) is 5.75 Å². The number of ether oxygens (including phenoxy) is 1. The molecule has 0 aromatic heterocycles. The van der Waals surface area contributed by atoms with Crippen molar-refractivity contribution in [1.82, 2.24) is 0 Å². The SMILES string of the molecule is CC(C)CC(=O)c1cccc(OC(F)(F)C(F)F)c1. The summed E-state index contributed by atoms with van der Waals surface area (Å²) in [5, 5.41) is 0. The van der Waals surface area contributed by atoms with Crippen LogP contribution in [0.2, 0.25) is 0 Å². The van der Waals surface area contributed by atoms with Crippen LogP contribution in [0, 0.1) is 5.92 Å². The summed E-state index contributed by atoms with van der Waals surface area (Å²) in [4.78, 5) is 11.7. The molecule has 0 N–H and O–H groups in total. The lowest BCUT2D eigenvalue weighted by molar-refractivity contribution is -0.253. The summed E-state index contributed by atoms with van der Waals surface area (Å²) in [6.07, 6.45) is -8.25. The van der Waals surface area contributed by atoms with Gasteiger partial charge in [-0.3, -0.25) is 4.79 Å². The lowest BCUT2D eigenvalue weighted by atomic mass is 10.0. The molecule has 0 saturated heterocycles. The first-order chi connectivity index (χ1) is 8.72. The zero-order valence-electron chi connectivity index (χ0n) is 10.5. The predicted octanol–water partition coefficient (Wildman–Crippen LogP) is 4.15. The van der Waals surface area contributed by atoms with E-state index in [1.54, 1.807) is 0 Å². The lowest BCUT2D eigenvalue weighted by Crippen LogP contribution is -2.33. The van der Waals surface area contributed by atoms with Crippen molar-refractivity contribution < 1.29 is 27.1 Å². The molecule has 0 atom stereocenters. The molecule has 106 valence electrons. The molecule has 2 nitrogen and oxygen atoms in total. The summed E-state index contributed by atoms with van der Waals surface area (Å²) >= 11 is 0. The number of rotatable bonds is 6. The van der Waals surface area contributed by atoms with Gasteiger partial charge >= 0.3 is 12.5 Å². The van der Waals surface area contributed by atoms with Gasteiger partial charge in [0, 0.05) is 12.0 Å². The number of hydrogen-bond donors (Lipinski definition) is 0. The summed E-state index contributed by atoms with van der Waals surface area (Å²) in [6.45, 7) is 3.67. The molecule has 0 spiro atoms. The van der Waals surface area contributed by atoms with Crippen molar-refractivity contribution >= 4 is 5.78 Å². The maximum absolute atomic E-state index is 12.7. The van der Waals surface area contributed by atoms with Crippen molar-refractivity contribution in [3.8, 4) is 5.75 Å². The Morgan fingerprint density at radius 3 is 2.47 bits per heavy atom. The average Bonchev–Trinajstić information content (AvgIpc) is 2.27. The number of carbonyl (C=O) groups is 1. The minimum Gasteiger partial charge on any atom is -0.428 e. The second-order valence-electron chi connectivity index (χ2n) is 4.51. The molecule has 1 rings (SSSR count). The van der Waals surface area contributed by atoms with E-state index in [9.17, 15) is 22.4 Å². The van der Waals surface area contributed by atoms with Gasteiger partial charge in [-0.2, -0.15) is 17.6 Å². The fourth-order valence-corrected chi connectivity index (χ4v) is 1.42. The van der Waals surface area contributed by atoms with Crippen LogP contribution in [-0.2, 0) is 0 Å². The molecule has 0 amide bonds. The fraction of sp³-hybridized carbons (Fsp3) is 0.462. The van der Waals surface area contributed by atoms with Crippen LogP contribution in [0.25, 0.3) is 0 Å². The van der Waals surface area contributed by atoms with E-state index >= 15 is 0 Å². The van der Waals surface area contributed by atoms with E-state index in [1.165, 1.54) is 12.1 Å². The van der Waals surface area contributed by atoms with Crippen molar-refractivity contribution in [1.29, 1.82) is 0 Å². The molecular formula is C13H14F4O2. The van der Waals surface area contributed by atoms with Crippen molar-refractivity contribution in [2.75, 3.05) is 0 Å². The van der Waals surface area contributed by atoms with Gasteiger partial charge < -0.3 is 4.74 Å². The third-order valence-electron chi connectivity index (χ3n) is 2.26. The number of halogens is 4. The molecule has 6 heteroatoms. The first kappa shape index (κ1) is 15.5. The van der Waals surface area contributed by atoms with Crippen LogP contribution in [0.4, 0.5) is 17.6 Å². The van der Waals surface area contributed by atoms with E-state index in [2.05, 4.69) is 4.74 Å². The largest absolute Gasteiger partial charge is 0.461 e. The number of benzene rings is 1.